The summed E-state index contributed by atoms with van der Waals surface area (Å²) in [4.78, 5) is 0. The van der Waals surface area contributed by atoms with Gasteiger partial charge < -0.3 is 16.2 Å². The average molecular weight is 163 g/mol. The lowest BCUT2D eigenvalue weighted by Gasteiger charge is -2.07. The Morgan fingerprint density at radius 1 is 1.58 bits per heavy atom. The van der Waals surface area contributed by atoms with Crippen molar-refractivity contribution in [1.29, 1.82) is 5.26 Å². The highest BCUT2D eigenvalue weighted by atomic mass is 16.3. The van der Waals surface area contributed by atoms with Crippen LogP contribution < -0.4 is 11.1 Å². The van der Waals surface area contributed by atoms with Gasteiger partial charge in [-0.3, -0.25) is 0 Å². The highest BCUT2D eigenvalue weighted by Crippen LogP contribution is 2.30. The normalized spacial score (nSPS) is 9.00. The second-order valence-electron chi connectivity index (χ2n) is 2.29. The summed E-state index contributed by atoms with van der Waals surface area (Å²) in [6.45, 7) is 0. The van der Waals surface area contributed by atoms with Crippen LogP contribution in [-0.2, 0) is 0 Å². The minimum absolute atomic E-state index is 0.0308. The molecule has 0 unspecified atom stereocenters. The van der Waals surface area contributed by atoms with Gasteiger partial charge in [-0.2, -0.15) is 5.26 Å². The maximum atomic E-state index is 9.28. The first-order chi connectivity index (χ1) is 5.70. The third-order valence-corrected chi connectivity index (χ3v) is 1.58. The van der Waals surface area contributed by atoms with E-state index < -0.39 is 0 Å². The second-order valence-corrected chi connectivity index (χ2v) is 2.29. The molecule has 0 saturated heterocycles. The first kappa shape index (κ1) is 8.21. The summed E-state index contributed by atoms with van der Waals surface area (Å²) < 4.78 is 0. The van der Waals surface area contributed by atoms with Crippen molar-refractivity contribution in [3.8, 4) is 11.8 Å². The van der Waals surface area contributed by atoms with E-state index >= 15 is 0 Å². The van der Waals surface area contributed by atoms with Gasteiger partial charge in [0.2, 0.25) is 0 Å². The van der Waals surface area contributed by atoms with Gasteiger partial charge in [0, 0.05) is 7.05 Å². The molecule has 0 fully saturated rings. The van der Waals surface area contributed by atoms with E-state index in [1.807, 2.05) is 6.07 Å². The molecule has 12 heavy (non-hydrogen) atoms. The lowest BCUT2D eigenvalue weighted by molar-refractivity contribution is 0.477. The zero-order chi connectivity index (χ0) is 9.14. The van der Waals surface area contributed by atoms with Crippen molar-refractivity contribution < 1.29 is 5.11 Å². The van der Waals surface area contributed by atoms with E-state index in [1.54, 1.807) is 7.05 Å². The Bertz CT molecular complexity index is 341. The smallest absolute Gasteiger partial charge is 0.140 e. The van der Waals surface area contributed by atoms with Crippen LogP contribution in [0.15, 0.2) is 12.1 Å². The number of nitrogens with zero attached hydrogens (tertiary/aromatic N) is 1. The predicted molar refractivity (Wildman–Crippen MR) is 46.8 cm³/mol. The molecule has 0 aliphatic heterocycles. The number of nitriles is 1. The van der Waals surface area contributed by atoms with Crippen molar-refractivity contribution in [1.82, 2.24) is 0 Å². The highest BCUT2D eigenvalue weighted by Gasteiger charge is 2.08. The fourth-order valence-corrected chi connectivity index (χ4v) is 0.981. The molecule has 0 amide bonds. The summed E-state index contributed by atoms with van der Waals surface area (Å²) in [5.74, 6) is 0.0308. The number of hydrogen-bond acceptors (Lipinski definition) is 4. The van der Waals surface area contributed by atoms with E-state index in [9.17, 15) is 5.11 Å². The Labute approximate surface area is 70.2 Å². The fourth-order valence-electron chi connectivity index (χ4n) is 0.981. The van der Waals surface area contributed by atoms with Gasteiger partial charge in [0.1, 0.15) is 17.4 Å². The van der Waals surface area contributed by atoms with Crippen molar-refractivity contribution >= 4 is 11.4 Å². The maximum Gasteiger partial charge on any atom is 0.140 e. The van der Waals surface area contributed by atoms with E-state index in [-0.39, 0.29) is 11.3 Å². The van der Waals surface area contributed by atoms with Gasteiger partial charge >= 0.3 is 0 Å². The van der Waals surface area contributed by atoms with Crippen LogP contribution in [0.4, 0.5) is 11.4 Å². The van der Waals surface area contributed by atoms with Gasteiger partial charge in [-0.15, -0.1) is 0 Å². The van der Waals surface area contributed by atoms with Gasteiger partial charge in [-0.1, -0.05) is 0 Å². The standard InChI is InChI=1S/C8H9N3O/c1-11-8-5(4-9)6(10)2-3-7(8)12/h2-3,11-12H,10H2,1H3. The predicted octanol–water partition coefficient (Wildman–Crippen LogP) is 0.888. The van der Waals surface area contributed by atoms with Gasteiger partial charge in [-0.25, -0.2) is 0 Å². The van der Waals surface area contributed by atoms with E-state index in [4.69, 9.17) is 11.0 Å². The minimum Gasteiger partial charge on any atom is -0.506 e. The monoisotopic (exact) mass is 163 g/mol. The Morgan fingerprint density at radius 3 is 2.67 bits per heavy atom. The lowest BCUT2D eigenvalue weighted by atomic mass is 10.1. The van der Waals surface area contributed by atoms with Crippen molar-refractivity contribution in [2.45, 2.75) is 0 Å². The lowest BCUT2D eigenvalue weighted by Crippen LogP contribution is -1.97. The van der Waals surface area contributed by atoms with Crippen LogP contribution in [0.1, 0.15) is 5.56 Å². The molecule has 0 aromatic heterocycles. The number of aromatic hydroxyl groups is 1. The first-order valence-corrected chi connectivity index (χ1v) is 3.40. The summed E-state index contributed by atoms with van der Waals surface area (Å²) in [7, 11) is 1.62. The number of nitrogens with two attached hydrogens (primary N) is 1. The number of nitrogens with one attached hydrogen (secondary N) is 1. The molecule has 0 saturated carbocycles. The average Bonchev–Trinajstić information content (AvgIpc) is 2.08. The molecule has 0 heterocycles. The van der Waals surface area contributed by atoms with E-state index in [0.717, 1.165) is 0 Å². The fraction of sp³-hybridized carbons (Fsp3) is 0.125. The van der Waals surface area contributed by atoms with Crippen LogP contribution in [-0.4, -0.2) is 12.2 Å². The van der Waals surface area contributed by atoms with Gasteiger partial charge in [0.05, 0.1) is 11.4 Å². The zero-order valence-electron chi connectivity index (χ0n) is 6.63. The van der Waals surface area contributed by atoms with Gasteiger partial charge in [0.15, 0.2) is 0 Å². The largest absolute Gasteiger partial charge is 0.506 e. The maximum absolute atomic E-state index is 9.28. The quantitative estimate of drug-likeness (QED) is 0.326. The molecule has 4 nitrogen and oxygen atoms in total. The molecule has 4 heteroatoms. The number of nitrogen functional groups attached to an aromatic ring is 1. The van der Waals surface area contributed by atoms with E-state index in [2.05, 4.69) is 5.32 Å². The number of rotatable bonds is 1. The Hall–Kier alpha value is -1.89. The van der Waals surface area contributed by atoms with Crippen LogP contribution in [0.3, 0.4) is 0 Å². The van der Waals surface area contributed by atoms with Crippen LogP contribution in [0, 0.1) is 11.3 Å². The van der Waals surface area contributed by atoms with Gasteiger partial charge in [-0.05, 0) is 12.1 Å². The SMILES string of the molecule is CNc1c(O)ccc(N)c1C#N. The van der Waals surface area contributed by atoms with Crippen LogP contribution >= 0.6 is 0 Å². The Balaban J connectivity index is 3.41. The molecule has 62 valence electrons. The molecular weight excluding hydrogens is 154 g/mol. The van der Waals surface area contributed by atoms with Crippen LogP contribution in [0.5, 0.6) is 5.75 Å². The molecule has 0 aliphatic carbocycles. The Kier molecular flexibility index (Phi) is 2.06. The molecule has 0 radical (unpaired) electrons. The minimum atomic E-state index is 0.0308. The molecule has 0 bridgehead atoms. The summed E-state index contributed by atoms with van der Waals surface area (Å²) in [6.07, 6.45) is 0. The van der Waals surface area contributed by atoms with Crippen molar-refractivity contribution in [2.75, 3.05) is 18.1 Å². The number of benzene rings is 1. The van der Waals surface area contributed by atoms with Crippen LogP contribution in [0.25, 0.3) is 0 Å². The number of hydrogen-bond donors (Lipinski definition) is 3. The molecule has 4 N–H and O–H groups in total. The number of phenolic OH excluding ortho intramolecular Hbond substituents is 1. The molecule has 0 atom stereocenters. The van der Waals surface area contributed by atoms with Crippen LogP contribution in [0.2, 0.25) is 0 Å². The topological polar surface area (TPSA) is 82.1 Å². The van der Waals surface area contributed by atoms with E-state index in [1.165, 1.54) is 12.1 Å². The number of phenols is 1. The zero-order valence-corrected chi connectivity index (χ0v) is 6.63. The highest BCUT2D eigenvalue weighted by molar-refractivity contribution is 5.74. The first-order valence-electron chi connectivity index (χ1n) is 3.40. The summed E-state index contributed by atoms with van der Waals surface area (Å²) in [6, 6.07) is 4.85. The third-order valence-electron chi connectivity index (χ3n) is 1.58. The second kappa shape index (κ2) is 3.01. The van der Waals surface area contributed by atoms with Gasteiger partial charge in [0.25, 0.3) is 0 Å². The van der Waals surface area contributed by atoms with E-state index in [0.29, 0.717) is 11.4 Å². The third kappa shape index (κ3) is 1.12. The molecule has 0 spiro atoms. The summed E-state index contributed by atoms with van der Waals surface area (Å²) >= 11 is 0. The molecule has 0 aliphatic rings. The molecule has 1 rings (SSSR count). The molecule has 1 aromatic rings. The summed E-state index contributed by atoms with van der Waals surface area (Å²) in [5, 5.41) is 20.7. The molecular formula is C8H9N3O. The number of anilines is 2. The summed E-state index contributed by atoms with van der Waals surface area (Å²) in [5.41, 5.74) is 6.51. The Morgan fingerprint density at radius 2 is 2.25 bits per heavy atom. The van der Waals surface area contributed by atoms with Crippen molar-refractivity contribution in [2.24, 2.45) is 0 Å². The van der Waals surface area contributed by atoms with Crippen molar-refractivity contribution in [3.05, 3.63) is 17.7 Å². The molecule has 1 aromatic carbocycles. The van der Waals surface area contributed by atoms with Crippen molar-refractivity contribution in [3.63, 3.8) is 0 Å².